The first kappa shape index (κ1) is 101. The van der Waals surface area contributed by atoms with Gasteiger partial charge in [0.2, 0.25) is 0 Å². The van der Waals surface area contributed by atoms with Crippen molar-refractivity contribution in [3.63, 3.8) is 0 Å². The number of H-pyrrole nitrogens is 1. The van der Waals surface area contributed by atoms with Crippen LogP contribution < -0.4 is 27.0 Å². The van der Waals surface area contributed by atoms with Crippen molar-refractivity contribution in [1.29, 1.82) is 0 Å². The van der Waals surface area contributed by atoms with Crippen molar-refractivity contribution in [2.75, 3.05) is 0 Å². The molecule has 5 aliphatic carbocycles. The number of ether oxygens (including phenoxy) is 4. The minimum Gasteiger partial charge on any atom is -0.444 e. The number of nitrogens with one attached hydrogen (secondary N) is 5. The van der Waals surface area contributed by atoms with Gasteiger partial charge >= 0.3 is 24.4 Å². The molecule has 5 aliphatic rings. The molecule has 5 fully saturated rings. The third-order valence-electron chi connectivity index (χ3n) is 21.7. The molecule has 4 amide bonds. The molecule has 666 valence electrons. The highest BCUT2D eigenvalue weighted by atomic mass is 79.9. The van der Waals surface area contributed by atoms with Crippen molar-refractivity contribution in [3.8, 4) is 0 Å². The summed E-state index contributed by atoms with van der Waals surface area (Å²) < 4.78 is 32.0. The summed E-state index contributed by atoms with van der Waals surface area (Å²) in [5, 5.41) is 52.2. The zero-order valence-electron chi connectivity index (χ0n) is 71.6. The predicted octanol–water partition coefficient (Wildman–Crippen LogP) is 23.6. The highest BCUT2D eigenvalue weighted by Crippen LogP contribution is 2.37. The summed E-state index contributed by atoms with van der Waals surface area (Å²) in [5.41, 5.74) is 13.9. The highest BCUT2D eigenvalue weighted by Gasteiger charge is 2.32. The van der Waals surface area contributed by atoms with Crippen LogP contribution >= 0.6 is 44.3 Å². The molecule has 0 atom stereocenters. The molecule has 0 spiro atoms. The van der Waals surface area contributed by atoms with Gasteiger partial charge in [-0.2, -0.15) is 25.5 Å². The van der Waals surface area contributed by atoms with Crippen molar-refractivity contribution >= 4 is 129 Å². The Morgan fingerprint density at radius 2 is 0.719 bits per heavy atom. The van der Waals surface area contributed by atoms with Gasteiger partial charge in [0.1, 0.15) is 22.4 Å². The molecule has 0 radical (unpaired) electrons. The minimum atomic E-state index is -0.459. The van der Waals surface area contributed by atoms with Gasteiger partial charge in [0.25, 0.3) is 0 Å². The van der Waals surface area contributed by atoms with Crippen molar-refractivity contribution in [2.45, 2.75) is 343 Å². The van der Waals surface area contributed by atoms with Crippen LogP contribution in [0.25, 0.3) is 60.6 Å². The molecule has 0 aliphatic heterocycles. The molecule has 15 rings (SSSR count). The molecule has 0 unspecified atom stereocenters. The average molecular weight is 1820 g/mol. The van der Waals surface area contributed by atoms with Gasteiger partial charge in [0.15, 0.2) is 0 Å². The fourth-order valence-corrected chi connectivity index (χ4v) is 16.6. The summed E-state index contributed by atoms with van der Waals surface area (Å²) in [5.74, 6) is 0. The number of rotatable bonds is 11. The summed E-state index contributed by atoms with van der Waals surface area (Å²) in [4.78, 5) is 47.1. The van der Waals surface area contributed by atoms with Gasteiger partial charge in [-0.05, 0) is 314 Å². The lowest BCUT2D eigenvalue weighted by Crippen LogP contribution is -2.41. The average Bonchev–Trinajstić information content (AvgIpc) is 1.69. The molecular formula is C94H140Br2ClN15O9. The van der Waals surface area contributed by atoms with Crippen LogP contribution in [-0.4, -0.2) is 138 Å². The third kappa shape index (κ3) is 31.3. The van der Waals surface area contributed by atoms with Gasteiger partial charge in [0, 0.05) is 66.1 Å². The van der Waals surface area contributed by atoms with E-state index in [1.807, 2.05) is 132 Å². The van der Waals surface area contributed by atoms with Crippen LogP contribution in [-0.2, 0) is 31.8 Å². The Morgan fingerprint density at radius 3 is 1.05 bits per heavy atom. The number of nitrogens with zero attached hydrogens (tertiary/aromatic N) is 9. The maximum absolute atomic E-state index is 11.9. The number of carbonyl (C=O) groups excluding carboxylic acids is 4. The smallest absolute Gasteiger partial charge is 0.407 e. The molecule has 5 aromatic carbocycles. The largest absolute Gasteiger partial charge is 0.444 e. The number of aliphatic hydroxyl groups excluding tert-OH is 1. The van der Waals surface area contributed by atoms with Crippen LogP contribution in [0.15, 0.2) is 138 Å². The number of aliphatic hydroxyl groups is 1. The number of halogens is 3. The fraction of sp³-hybridized carbons (Fsp3) is 0.564. The van der Waals surface area contributed by atoms with E-state index in [9.17, 15) is 24.3 Å². The Bertz CT molecular complexity index is 4870. The summed E-state index contributed by atoms with van der Waals surface area (Å²) in [6, 6.07) is 34.7. The van der Waals surface area contributed by atoms with E-state index in [-0.39, 0.29) is 89.3 Å². The zero-order chi connectivity index (χ0) is 84.4. The number of carbonyl (C=O) groups is 4. The minimum absolute atomic E-state index is 0. The van der Waals surface area contributed by atoms with Gasteiger partial charge in [-0.3, -0.25) is 23.8 Å². The number of amides is 4. The number of hydrogen-bond acceptors (Lipinski definition) is 15. The standard InChI is InChI=1S/C20H29N3O2.C20H27N3O2.C18H24BrN3O2.C15H21N3.C11H21NO3.C7H5BrN2.3CH4.ClH/c2*1-5-14-6-11-18-15(12-14)13-21-23(18)17-9-7-16(8-10-17)22-19(24)25-20(2,3)4;1-18(2,3)24-17(23)21-14-5-7-15(8-6-14)22-16-9-4-13(19)10-12(16)11-20-22;1-2-11-3-8-15-12(9-11)10-17-18(15)14-6-4-13(16)5-7-14;1-11(2,3)15-10(14)12-8-4-6-9(13)7-5-8;8-6-1-2-7-5(3-6)4-9-10-7;;;;/h6,11-13,16-17H,5,7-10H2,1-4H3,(H,22,24);5-6,11-13,16-17H,1,7-10H2,2-4H3,(H,22,24);4,9-11,14-15H,5-8H2,1-3H3,(H,21,23);3,8-10,13-14H,2,4-7,16H2,1H3;8-9,13H,4-7H2,1-3H3,(H,12,14);1-4H,(H,9,10);3*1H4;1H. The Labute approximate surface area is 741 Å². The lowest BCUT2D eigenvalue weighted by molar-refractivity contribution is 0.0455. The number of benzene rings is 5. The van der Waals surface area contributed by atoms with Crippen molar-refractivity contribution in [2.24, 2.45) is 5.73 Å². The number of aromatic nitrogens is 10. The van der Waals surface area contributed by atoms with Gasteiger partial charge in [-0.25, -0.2) is 19.2 Å². The van der Waals surface area contributed by atoms with Crippen molar-refractivity contribution < 1.29 is 43.2 Å². The molecule has 8 N–H and O–H groups in total. The van der Waals surface area contributed by atoms with E-state index in [2.05, 4.69) is 196 Å². The third-order valence-corrected chi connectivity index (χ3v) is 22.7. The number of nitrogens with two attached hydrogens (primary N) is 1. The number of alkyl carbamates (subject to hydrolysis) is 4. The van der Waals surface area contributed by atoms with E-state index >= 15 is 0 Å². The maximum atomic E-state index is 11.9. The van der Waals surface area contributed by atoms with Gasteiger partial charge < -0.3 is 51.1 Å². The molecular weight excluding hydrogens is 1680 g/mol. The van der Waals surface area contributed by atoms with E-state index in [1.54, 1.807) is 6.20 Å². The number of fused-ring (bicyclic) bond motifs is 5. The molecule has 27 heteroatoms. The SMILES string of the molecule is Brc1ccc2[nH]ncc2c1.C.C.C.C=Cc1ccc2c(cnn2C2CCC(NC(=O)OC(C)(C)C)CC2)c1.CC(C)(C)OC(=O)NC1CCC(O)CC1.CC(C)(C)OC(=O)NC1CCC(n2ncc3cc(Br)ccc32)CC1.CCc1ccc2c(cnn2C2CCC(N)CC2)c1.CCc1ccc2c(cnn2C2CCC(NC(=O)OC(C)(C)C)CC2)c1.Cl. The van der Waals surface area contributed by atoms with Crippen LogP contribution in [0.5, 0.6) is 0 Å². The van der Waals surface area contributed by atoms with E-state index in [0.29, 0.717) is 30.2 Å². The summed E-state index contributed by atoms with van der Waals surface area (Å²) in [7, 11) is 0. The first-order valence-electron chi connectivity index (χ1n) is 42.2. The van der Waals surface area contributed by atoms with Crippen LogP contribution in [0, 0.1) is 0 Å². The summed E-state index contributed by atoms with van der Waals surface area (Å²) in [6.45, 7) is 30.6. The van der Waals surface area contributed by atoms with E-state index in [1.165, 1.54) is 38.4 Å². The quantitative estimate of drug-likeness (QED) is 0.0592. The first-order chi connectivity index (χ1) is 55.5. The second-order valence-electron chi connectivity index (χ2n) is 35.9. The van der Waals surface area contributed by atoms with Crippen LogP contribution in [0.3, 0.4) is 0 Å². The summed E-state index contributed by atoms with van der Waals surface area (Å²) >= 11 is 6.88. The highest BCUT2D eigenvalue weighted by molar-refractivity contribution is 9.10. The molecule has 0 bridgehead atoms. The monoisotopic (exact) mass is 1820 g/mol. The van der Waals surface area contributed by atoms with Gasteiger partial charge in [0.05, 0.1) is 88.8 Å². The number of hydrogen-bond donors (Lipinski definition) is 7. The van der Waals surface area contributed by atoms with Crippen LogP contribution in [0.2, 0.25) is 0 Å². The second kappa shape index (κ2) is 46.2. The van der Waals surface area contributed by atoms with Crippen molar-refractivity contribution in [3.05, 3.63) is 154 Å². The van der Waals surface area contributed by atoms with Gasteiger partial charge in [-0.1, -0.05) is 98.8 Å². The van der Waals surface area contributed by atoms with Crippen LogP contribution in [0.4, 0.5) is 19.2 Å². The maximum Gasteiger partial charge on any atom is 0.407 e. The number of aromatic amines is 1. The van der Waals surface area contributed by atoms with E-state index in [4.69, 9.17) is 24.7 Å². The Kier molecular flexibility index (Phi) is 38.7. The van der Waals surface area contributed by atoms with Crippen molar-refractivity contribution in [1.82, 2.24) is 70.6 Å². The van der Waals surface area contributed by atoms with E-state index in [0.717, 1.165) is 183 Å². The molecule has 5 saturated carbocycles. The first-order valence-corrected chi connectivity index (χ1v) is 43.8. The molecule has 0 saturated heterocycles. The zero-order valence-corrected chi connectivity index (χ0v) is 75.6. The molecule has 10 aromatic rings. The summed E-state index contributed by atoms with van der Waals surface area (Å²) in [6.07, 6.45) is 31.6. The normalized spacial score (nSPS) is 20.9. The fourth-order valence-electron chi connectivity index (χ4n) is 15.8. The molecule has 5 aromatic heterocycles. The lowest BCUT2D eigenvalue weighted by Gasteiger charge is -2.30. The second-order valence-corrected chi connectivity index (χ2v) is 37.7. The molecule has 24 nitrogen and oxygen atoms in total. The predicted molar refractivity (Wildman–Crippen MR) is 502 cm³/mol. The molecule has 5 heterocycles. The Balaban J connectivity index is 0.000000228. The Morgan fingerprint density at radius 1 is 0.430 bits per heavy atom. The Hall–Kier alpha value is -8.56. The lowest BCUT2D eigenvalue weighted by atomic mass is 9.91. The van der Waals surface area contributed by atoms with Gasteiger partial charge in [-0.15, -0.1) is 12.4 Å². The van der Waals surface area contributed by atoms with Crippen LogP contribution in [0.1, 0.15) is 288 Å². The molecule has 121 heavy (non-hydrogen) atoms. The number of aryl methyl sites for hydroxylation is 2. The topological polar surface area (TPSA) is 300 Å². The van der Waals surface area contributed by atoms with E-state index < -0.39 is 22.4 Å².